The predicted molar refractivity (Wildman–Crippen MR) is 68.2 cm³/mol. The Morgan fingerprint density at radius 1 is 1.18 bits per heavy atom. The summed E-state index contributed by atoms with van der Waals surface area (Å²) in [4.78, 5) is 4.09. The van der Waals surface area contributed by atoms with E-state index in [2.05, 4.69) is 10.3 Å². The monoisotopic (exact) mass is 229 g/mol. The lowest BCUT2D eigenvalue weighted by Gasteiger charge is -2.07. The van der Waals surface area contributed by atoms with Crippen LogP contribution in [0.25, 0.3) is 0 Å². The zero-order chi connectivity index (χ0) is 12.3. The van der Waals surface area contributed by atoms with Gasteiger partial charge in [-0.25, -0.2) is 4.98 Å². The predicted octanol–water partition coefficient (Wildman–Crippen LogP) is 0.0872. The van der Waals surface area contributed by atoms with E-state index >= 15 is 0 Å². The Bertz CT molecular complexity index is 502. The smallest absolute Gasteiger partial charge is 0.423 e. The van der Waals surface area contributed by atoms with Gasteiger partial charge in [0.15, 0.2) is 0 Å². The molecule has 0 radical (unpaired) electrons. The summed E-state index contributed by atoms with van der Waals surface area (Å²) >= 11 is 0. The second-order valence-corrected chi connectivity index (χ2v) is 3.60. The number of pyridine rings is 1. The van der Waals surface area contributed by atoms with E-state index in [0.29, 0.717) is 17.0 Å². The van der Waals surface area contributed by atoms with Crippen LogP contribution in [0, 0.1) is 0 Å². The van der Waals surface area contributed by atoms with Crippen LogP contribution in [0.3, 0.4) is 0 Å². The van der Waals surface area contributed by atoms with Crippen LogP contribution in [0.1, 0.15) is 0 Å². The van der Waals surface area contributed by atoms with E-state index in [9.17, 15) is 0 Å². The first-order chi connectivity index (χ1) is 8.15. The van der Waals surface area contributed by atoms with Crippen molar-refractivity contribution in [2.75, 3.05) is 11.1 Å². The molecular formula is C11H12BN3O2. The summed E-state index contributed by atoms with van der Waals surface area (Å²) in [5.41, 5.74) is 7.27. The van der Waals surface area contributed by atoms with Gasteiger partial charge in [0.25, 0.3) is 0 Å². The zero-order valence-corrected chi connectivity index (χ0v) is 9.04. The van der Waals surface area contributed by atoms with E-state index in [0.717, 1.165) is 5.69 Å². The van der Waals surface area contributed by atoms with Crippen molar-refractivity contribution in [1.29, 1.82) is 0 Å². The van der Waals surface area contributed by atoms with Gasteiger partial charge >= 0.3 is 7.12 Å². The van der Waals surface area contributed by atoms with Crippen molar-refractivity contribution in [2.45, 2.75) is 0 Å². The van der Waals surface area contributed by atoms with Crippen LogP contribution in [-0.2, 0) is 0 Å². The standard InChI is InChI=1S/C11H12BN3O2/c13-9-4-5-11(14-7-9)15-10-3-1-2-8(6-10)12(16)17/h1-7,16-17H,13H2,(H,14,15). The van der Waals surface area contributed by atoms with Crippen LogP contribution < -0.4 is 16.5 Å². The second kappa shape index (κ2) is 4.86. The van der Waals surface area contributed by atoms with Crippen molar-refractivity contribution in [3.8, 4) is 0 Å². The lowest BCUT2D eigenvalue weighted by molar-refractivity contribution is 0.426. The van der Waals surface area contributed by atoms with E-state index in [1.807, 2.05) is 6.07 Å². The molecule has 0 saturated carbocycles. The van der Waals surface area contributed by atoms with Gasteiger partial charge in [0.05, 0.1) is 11.9 Å². The third-order valence-electron chi connectivity index (χ3n) is 2.24. The summed E-state index contributed by atoms with van der Waals surface area (Å²) in [5.74, 6) is 0.642. The Kier molecular flexibility index (Phi) is 3.27. The van der Waals surface area contributed by atoms with Gasteiger partial charge in [0.1, 0.15) is 5.82 Å². The summed E-state index contributed by atoms with van der Waals surface area (Å²) in [6, 6.07) is 10.3. The molecule has 5 N–H and O–H groups in total. The summed E-state index contributed by atoms with van der Waals surface area (Å²) < 4.78 is 0. The van der Waals surface area contributed by atoms with Crippen molar-refractivity contribution in [3.05, 3.63) is 42.6 Å². The Hall–Kier alpha value is -2.05. The third kappa shape index (κ3) is 2.96. The van der Waals surface area contributed by atoms with Gasteiger partial charge in [-0.15, -0.1) is 0 Å². The normalized spacial score (nSPS) is 10.0. The van der Waals surface area contributed by atoms with Crippen LogP contribution in [0.2, 0.25) is 0 Å². The largest absolute Gasteiger partial charge is 0.488 e. The highest BCUT2D eigenvalue weighted by molar-refractivity contribution is 6.58. The first-order valence-electron chi connectivity index (χ1n) is 5.10. The fraction of sp³-hybridized carbons (Fsp3) is 0. The van der Waals surface area contributed by atoms with Crippen molar-refractivity contribution < 1.29 is 10.0 Å². The average Bonchev–Trinajstić information content (AvgIpc) is 2.32. The molecule has 0 amide bonds. The molecule has 6 heteroatoms. The van der Waals surface area contributed by atoms with Crippen LogP contribution in [0.4, 0.5) is 17.2 Å². The molecule has 17 heavy (non-hydrogen) atoms. The Balaban J connectivity index is 2.18. The van der Waals surface area contributed by atoms with Crippen molar-refractivity contribution >= 4 is 29.8 Å². The summed E-state index contributed by atoms with van der Waals surface area (Å²) in [6.45, 7) is 0. The van der Waals surface area contributed by atoms with E-state index in [-0.39, 0.29) is 0 Å². The molecule has 0 aliphatic rings. The van der Waals surface area contributed by atoms with Gasteiger partial charge in [0, 0.05) is 5.69 Å². The first-order valence-corrected chi connectivity index (χ1v) is 5.10. The Morgan fingerprint density at radius 2 is 2.00 bits per heavy atom. The van der Waals surface area contributed by atoms with Crippen LogP contribution in [-0.4, -0.2) is 22.2 Å². The van der Waals surface area contributed by atoms with Gasteiger partial charge in [-0.2, -0.15) is 0 Å². The van der Waals surface area contributed by atoms with Crippen LogP contribution in [0.5, 0.6) is 0 Å². The molecule has 0 fully saturated rings. The van der Waals surface area contributed by atoms with Gasteiger partial charge in [-0.05, 0) is 29.7 Å². The maximum atomic E-state index is 9.05. The zero-order valence-electron chi connectivity index (χ0n) is 9.04. The fourth-order valence-corrected chi connectivity index (χ4v) is 1.40. The minimum Gasteiger partial charge on any atom is -0.423 e. The number of nitrogen functional groups attached to an aromatic ring is 1. The molecule has 0 unspecified atom stereocenters. The lowest BCUT2D eigenvalue weighted by Crippen LogP contribution is -2.29. The van der Waals surface area contributed by atoms with E-state index in [4.69, 9.17) is 15.8 Å². The number of nitrogens with two attached hydrogens (primary N) is 1. The summed E-state index contributed by atoms with van der Waals surface area (Å²) in [5, 5.41) is 21.1. The molecule has 0 aliphatic carbocycles. The molecule has 0 aliphatic heterocycles. The van der Waals surface area contributed by atoms with Crippen molar-refractivity contribution in [1.82, 2.24) is 4.98 Å². The molecule has 1 aromatic heterocycles. The molecule has 2 aromatic rings. The number of benzene rings is 1. The van der Waals surface area contributed by atoms with Gasteiger partial charge in [-0.3, -0.25) is 0 Å². The molecule has 86 valence electrons. The minimum atomic E-state index is -1.48. The van der Waals surface area contributed by atoms with Crippen molar-refractivity contribution in [2.24, 2.45) is 0 Å². The first kappa shape index (κ1) is 11.4. The minimum absolute atomic E-state index is 0.422. The lowest BCUT2D eigenvalue weighted by atomic mass is 9.80. The Labute approximate surface area is 99.1 Å². The number of anilines is 3. The van der Waals surface area contributed by atoms with E-state index in [1.165, 1.54) is 0 Å². The average molecular weight is 229 g/mol. The number of hydrogen-bond acceptors (Lipinski definition) is 5. The maximum absolute atomic E-state index is 9.05. The number of nitrogens with one attached hydrogen (secondary N) is 1. The SMILES string of the molecule is Nc1ccc(Nc2cccc(B(O)O)c2)nc1. The highest BCUT2D eigenvalue weighted by Gasteiger charge is 2.10. The van der Waals surface area contributed by atoms with Crippen LogP contribution in [0.15, 0.2) is 42.6 Å². The van der Waals surface area contributed by atoms with Crippen LogP contribution >= 0.6 is 0 Å². The quantitative estimate of drug-likeness (QED) is 0.560. The topological polar surface area (TPSA) is 91.4 Å². The highest BCUT2D eigenvalue weighted by Crippen LogP contribution is 2.13. The van der Waals surface area contributed by atoms with Crippen molar-refractivity contribution in [3.63, 3.8) is 0 Å². The fourth-order valence-electron chi connectivity index (χ4n) is 1.40. The number of aromatic nitrogens is 1. The molecular weight excluding hydrogens is 217 g/mol. The molecule has 2 rings (SSSR count). The summed E-state index contributed by atoms with van der Waals surface area (Å²) in [6.07, 6.45) is 1.55. The number of rotatable bonds is 3. The molecule has 0 atom stereocenters. The number of nitrogens with zero attached hydrogens (tertiary/aromatic N) is 1. The maximum Gasteiger partial charge on any atom is 0.488 e. The highest BCUT2D eigenvalue weighted by atomic mass is 16.4. The van der Waals surface area contributed by atoms with Gasteiger partial charge in [-0.1, -0.05) is 12.1 Å². The van der Waals surface area contributed by atoms with Gasteiger partial charge < -0.3 is 21.1 Å². The molecule has 0 bridgehead atoms. The molecule has 1 aromatic carbocycles. The molecule has 5 nitrogen and oxygen atoms in total. The van der Waals surface area contributed by atoms with E-state index in [1.54, 1.807) is 36.5 Å². The number of hydrogen-bond donors (Lipinski definition) is 4. The van der Waals surface area contributed by atoms with Gasteiger partial charge in [0.2, 0.25) is 0 Å². The molecule has 0 saturated heterocycles. The summed E-state index contributed by atoms with van der Waals surface area (Å²) in [7, 11) is -1.48. The third-order valence-corrected chi connectivity index (χ3v) is 2.24. The molecule has 0 spiro atoms. The van der Waals surface area contributed by atoms with E-state index < -0.39 is 7.12 Å². The second-order valence-electron chi connectivity index (χ2n) is 3.60. The Morgan fingerprint density at radius 3 is 2.65 bits per heavy atom. The molecule has 1 heterocycles.